The maximum atomic E-state index is 11.9. The maximum absolute atomic E-state index is 11.9. The van der Waals surface area contributed by atoms with Crippen molar-refractivity contribution in [2.45, 2.75) is 38.9 Å². The number of nitrogens with zero attached hydrogens (tertiary/aromatic N) is 2. The molecule has 1 aliphatic heterocycles. The number of furan rings is 1. The van der Waals surface area contributed by atoms with Crippen molar-refractivity contribution in [1.29, 1.82) is 5.26 Å². The molecule has 7 nitrogen and oxygen atoms in total. The predicted octanol–water partition coefficient (Wildman–Crippen LogP) is 6.16. The summed E-state index contributed by atoms with van der Waals surface area (Å²) in [6.45, 7) is 4.80. The average molecular weight is 483 g/mol. The van der Waals surface area contributed by atoms with Crippen molar-refractivity contribution < 1.29 is 23.4 Å². The van der Waals surface area contributed by atoms with Crippen LogP contribution >= 0.6 is 0 Å². The minimum Gasteiger partial charge on any atom is -0.489 e. The van der Waals surface area contributed by atoms with Gasteiger partial charge in [0.2, 0.25) is 0 Å². The van der Waals surface area contributed by atoms with E-state index in [-0.39, 0.29) is 18.2 Å². The first-order valence-electron chi connectivity index (χ1n) is 12.0. The number of hydrogen-bond donors (Lipinski definition) is 0. The number of fused-ring (bicyclic) bond motifs is 1. The molecule has 36 heavy (non-hydrogen) atoms. The van der Waals surface area contributed by atoms with Gasteiger partial charge in [-0.15, -0.1) is 0 Å². The molecule has 3 heterocycles. The van der Waals surface area contributed by atoms with Gasteiger partial charge in [0.05, 0.1) is 30.4 Å². The highest BCUT2D eigenvalue weighted by Gasteiger charge is 2.22. The minimum atomic E-state index is -0.357. The molecule has 5 rings (SSSR count). The molecule has 0 N–H and O–H groups in total. The molecular formula is C29H26N2O5. The Labute approximate surface area is 209 Å². The highest BCUT2D eigenvalue weighted by atomic mass is 16.5. The number of ether oxygens (including phenoxy) is 3. The highest BCUT2D eigenvalue weighted by Crippen LogP contribution is 2.36. The molecule has 0 saturated carbocycles. The second-order valence-electron chi connectivity index (χ2n) is 8.75. The highest BCUT2D eigenvalue weighted by molar-refractivity contribution is 5.93. The van der Waals surface area contributed by atoms with E-state index in [4.69, 9.17) is 18.6 Å². The number of esters is 1. The number of carbonyl (C=O) groups is 1. The van der Waals surface area contributed by atoms with E-state index in [1.54, 1.807) is 25.3 Å². The van der Waals surface area contributed by atoms with Gasteiger partial charge in [0.25, 0.3) is 0 Å². The lowest BCUT2D eigenvalue weighted by Gasteiger charge is -2.28. The molecule has 2 aromatic carbocycles. The Balaban J connectivity index is 1.44. The monoisotopic (exact) mass is 482 g/mol. The van der Waals surface area contributed by atoms with Crippen LogP contribution in [0.4, 0.5) is 0 Å². The summed E-state index contributed by atoms with van der Waals surface area (Å²) in [6.07, 6.45) is 3.50. The van der Waals surface area contributed by atoms with Gasteiger partial charge in [-0.25, -0.2) is 4.79 Å². The van der Waals surface area contributed by atoms with Crippen molar-refractivity contribution in [2.24, 2.45) is 0 Å². The zero-order chi connectivity index (χ0) is 25.1. The summed E-state index contributed by atoms with van der Waals surface area (Å²) in [4.78, 5) is 16.4. The van der Waals surface area contributed by atoms with Crippen LogP contribution in [0.25, 0.3) is 33.6 Å². The van der Waals surface area contributed by atoms with Crippen LogP contribution in [0, 0.1) is 11.3 Å². The lowest BCUT2D eigenvalue weighted by atomic mass is 10.0. The van der Waals surface area contributed by atoms with E-state index in [1.165, 1.54) is 0 Å². The molecule has 0 radical (unpaired) electrons. The zero-order valence-corrected chi connectivity index (χ0v) is 20.2. The standard InChI is InChI=1S/C29H26N2O5/c1-3-33-29(32)20-6-4-19(5-7-20)27-16-25-28(36-27)24(10-12-31-25)21-8-9-26(22(15-21)17-30)35-23-11-13-34-18(2)14-23/h4-10,12,15-16,18,23H,3,11,13-14H2,1-2H3. The van der Waals surface area contributed by atoms with Gasteiger partial charge in [-0.2, -0.15) is 5.26 Å². The van der Waals surface area contributed by atoms with Gasteiger partial charge in [-0.05, 0) is 49.7 Å². The number of carbonyl (C=O) groups excluding carboxylic acids is 1. The summed E-state index contributed by atoms with van der Waals surface area (Å²) in [5.74, 6) is 0.853. The van der Waals surface area contributed by atoms with Crippen molar-refractivity contribution in [2.75, 3.05) is 13.2 Å². The summed E-state index contributed by atoms with van der Waals surface area (Å²) in [5, 5.41) is 9.81. The van der Waals surface area contributed by atoms with Gasteiger partial charge in [0.15, 0.2) is 5.58 Å². The Bertz CT molecular complexity index is 1430. The molecule has 0 amide bonds. The predicted molar refractivity (Wildman–Crippen MR) is 135 cm³/mol. The molecule has 0 bridgehead atoms. The third kappa shape index (κ3) is 4.81. The fourth-order valence-corrected chi connectivity index (χ4v) is 4.42. The number of nitriles is 1. The second kappa shape index (κ2) is 10.2. The molecule has 2 atom stereocenters. The molecular weight excluding hydrogens is 456 g/mol. The van der Waals surface area contributed by atoms with E-state index in [0.29, 0.717) is 47.0 Å². The molecule has 2 aromatic heterocycles. The van der Waals surface area contributed by atoms with Crippen LogP contribution < -0.4 is 4.74 Å². The number of benzene rings is 2. The van der Waals surface area contributed by atoms with Crippen molar-refractivity contribution in [3.63, 3.8) is 0 Å². The van der Waals surface area contributed by atoms with Crippen LogP contribution in [0.2, 0.25) is 0 Å². The van der Waals surface area contributed by atoms with E-state index < -0.39 is 0 Å². The summed E-state index contributed by atoms with van der Waals surface area (Å²) < 4.78 is 23.0. The fourth-order valence-electron chi connectivity index (χ4n) is 4.42. The van der Waals surface area contributed by atoms with Crippen molar-refractivity contribution in [3.05, 3.63) is 71.9 Å². The van der Waals surface area contributed by atoms with Crippen LogP contribution in [0.15, 0.2) is 65.2 Å². The molecule has 1 aliphatic rings. The molecule has 182 valence electrons. The lowest BCUT2D eigenvalue weighted by molar-refractivity contribution is -0.0252. The first kappa shape index (κ1) is 23.6. The zero-order valence-electron chi connectivity index (χ0n) is 20.2. The summed E-state index contributed by atoms with van der Waals surface area (Å²) in [6, 6.07) is 18.7. The Morgan fingerprint density at radius 3 is 2.69 bits per heavy atom. The third-order valence-corrected chi connectivity index (χ3v) is 6.23. The Morgan fingerprint density at radius 1 is 1.14 bits per heavy atom. The Morgan fingerprint density at radius 2 is 1.94 bits per heavy atom. The van der Waals surface area contributed by atoms with Crippen LogP contribution in [-0.2, 0) is 9.47 Å². The Hall–Kier alpha value is -4.15. The minimum absolute atomic E-state index is 0.0298. The van der Waals surface area contributed by atoms with Crippen LogP contribution in [0.3, 0.4) is 0 Å². The molecule has 2 unspecified atom stereocenters. The number of rotatable bonds is 6. The molecule has 1 fully saturated rings. The van der Waals surface area contributed by atoms with Crippen LogP contribution in [0.5, 0.6) is 5.75 Å². The summed E-state index contributed by atoms with van der Waals surface area (Å²) >= 11 is 0. The number of aromatic nitrogens is 1. The first-order valence-corrected chi connectivity index (χ1v) is 12.0. The number of hydrogen-bond acceptors (Lipinski definition) is 7. The van der Waals surface area contributed by atoms with Gasteiger partial charge in [-0.3, -0.25) is 4.98 Å². The normalized spacial score (nSPS) is 17.5. The van der Waals surface area contributed by atoms with Gasteiger partial charge in [-0.1, -0.05) is 18.2 Å². The van der Waals surface area contributed by atoms with Gasteiger partial charge >= 0.3 is 5.97 Å². The maximum Gasteiger partial charge on any atom is 0.338 e. The smallest absolute Gasteiger partial charge is 0.338 e. The van der Waals surface area contributed by atoms with E-state index in [0.717, 1.165) is 29.5 Å². The SMILES string of the molecule is CCOC(=O)c1ccc(-c2cc3nccc(-c4ccc(OC5CCOC(C)C5)c(C#N)c4)c3o2)cc1. The van der Waals surface area contributed by atoms with Crippen molar-refractivity contribution >= 4 is 17.1 Å². The van der Waals surface area contributed by atoms with Gasteiger partial charge in [0.1, 0.15) is 29.2 Å². The van der Waals surface area contributed by atoms with Crippen molar-refractivity contribution in [1.82, 2.24) is 4.98 Å². The Kier molecular flexibility index (Phi) is 6.70. The van der Waals surface area contributed by atoms with Crippen LogP contribution in [-0.4, -0.2) is 36.4 Å². The third-order valence-electron chi connectivity index (χ3n) is 6.23. The molecule has 1 saturated heterocycles. The number of pyridine rings is 1. The van der Waals surface area contributed by atoms with Gasteiger partial charge < -0.3 is 18.6 Å². The average Bonchev–Trinajstić information content (AvgIpc) is 3.34. The molecule has 0 aliphatic carbocycles. The first-order chi connectivity index (χ1) is 17.6. The summed E-state index contributed by atoms with van der Waals surface area (Å²) in [5.41, 5.74) is 4.77. The topological polar surface area (TPSA) is 94.6 Å². The second-order valence-corrected chi connectivity index (χ2v) is 8.75. The van der Waals surface area contributed by atoms with Crippen molar-refractivity contribution in [3.8, 4) is 34.3 Å². The van der Waals surface area contributed by atoms with Crippen LogP contribution in [0.1, 0.15) is 42.6 Å². The van der Waals surface area contributed by atoms with E-state index in [9.17, 15) is 10.1 Å². The van der Waals surface area contributed by atoms with E-state index >= 15 is 0 Å². The van der Waals surface area contributed by atoms with E-state index in [1.807, 2.05) is 49.4 Å². The van der Waals surface area contributed by atoms with E-state index in [2.05, 4.69) is 11.1 Å². The quantitative estimate of drug-likeness (QED) is 0.304. The molecule has 4 aromatic rings. The molecule has 7 heteroatoms. The molecule has 0 spiro atoms. The van der Waals surface area contributed by atoms with Gasteiger partial charge in [0, 0.05) is 36.2 Å². The largest absolute Gasteiger partial charge is 0.489 e. The fraction of sp³-hybridized carbons (Fsp3) is 0.276. The summed E-state index contributed by atoms with van der Waals surface area (Å²) in [7, 11) is 0. The lowest BCUT2D eigenvalue weighted by Crippen LogP contribution is -2.31.